The van der Waals surface area contributed by atoms with Gasteiger partial charge in [-0.05, 0) is 44.4 Å². The second kappa shape index (κ2) is 11.4. The van der Waals surface area contributed by atoms with Crippen molar-refractivity contribution >= 4 is 39.6 Å². The molecule has 13 heteroatoms. The SMILES string of the molecule is CN(C)C/C=C/C(=O)N1CCN2C[C@@H]1COc1c2ccc2ncnc(Nc3ccc(Oc4ccn5ncnc5c4)cc3F)c12. The van der Waals surface area contributed by atoms with Crippen molar-refractivity contribution in [3.63, 3.8) is 0 Å². The van der Waals surface area contributed by atoms with Gasteiger partial charge in [0.05, 0.1) is 28.3 Å². The first-order valence-electron chi connectivity index (χ1n) is 14.2. The van der Waals surface area contributed by atoms with E-state index in [1.165, 1.54) is 18.7 Å². The summed E-state index contributed by atoms with van der Waals surface area (Å²) in [4.78, 5) is 32.1. The minimum absolute atomic E-state index is 0.0245. The summed E-state index contributed by atoms with van der Waals surface area (Å²) in [7, 11) is 3.92. The topological polar surface area (TPSA) is 113 Å². The van der Waals surface area contributed by atoms with Gasteiger partial charge in [0.1, 0.15) is 42.4 Å². The van der Waals surface area contributed by atoms with Gasteiger partial charge in [-0.15, -0.1) is 0 Å². The van der Waals surface area contributed by atoms with Crippen LogP contribution in [0.3, 0.4) is 0 Å². The number of hydrogen-bond donors (Lipinski definition) is 1. The van der Waals surface area contributed by atoms with Crippen molar-refractivity contribution in [2.75, 3.05) is 57.1 Å². The molecule has 5 aromatic rings. The molecule has 0 aliphatic carbocycles. The van der Waals surface area contributed by atoms with Crippen LogP contribution >= 0.6 is 0 Å². The summed E-state index contributed by atoms with van der Waals surface area (Å²) < 4.78 is 29.3. The highest BCUT2D eigenvalue weighted by Crippen LogP contribution is 2.42. The molecule has 7 rings (SSSR count). The molecule has 5 heterocycles. The summed E-state index contributed by atoms with van der Waals surface area (Å²) in [6.45, 7) is 2.88. The lowest BCUT2D eigenvalue weighted by Crippen LogP contribution is -2.56. The van der Waals surface area contributed by atoms with Gasteiger partial charge in [0, 0.05) is 50.6 Å². The normalized spacial score (nSPS) is 16.3. The minimum atomic E-state index is -0.517. The molecule has 44 heavy (non-hydrogen) atoms. The number of carbonyl (C=O) groups excluding carboxylic acids is 1. The standard InChI is InChI=1S/C31H30FN9O3/c1-38(2)10-3-4-28(42)40-13-12-39-16-20(40)17-43-30-26(39)8-7-25-29(30)31(35-18-33-25)37-24-6-5-21(14-23(24)32)44-22-9-11-41-27(15-22)34-19-36-41/h3-9,11,14-15,18-20H,10,12-13,16-17H2,1-2H3,(H,33,35,37)/b4-3+/t20-/m1/s1. The molecule has 2 aliphatic rings. The van der Waals surface area contributed by atoms with Crippen molar-refractivity contribution in [1.29, 1.82) is 0 Å². The van der Waals surface area contributed by atoms with Crippen LogP contribution in [-0.4, -0.2) is 93.2 Å². The highest BCUT2D eigenvalue weighted by Gasteiger charge is 2.35. The first kappa shape index (κ1) is 27.5. The van der Waals surface area contributed by atoms with Gasteiger partial charge in [-0.1, -0.05) is 6.08 Å². The molecule has 2 aliphatic heterocycles. The number of piperazine rings is 1. The third-order valence-corrected chi connectivity index (χ3v) is 7.67. The zero-order chi connectivity index (χ0) is 30.2. The number of pyridine rings is 1. The van der Waals surface area contributed by atoms with E-state index in [0.717, 1.165) is 5.69 Å². The Labute approximate surface area is 252 Å². The molecule has 0 saturated carbocycles. The second-order valence-corrected chi connectivity index (χ2v) is 10.9. The average Bonchev–Trinajstić information content (AvgIpc) is 3.43. The first-order chi connectivity index (χ1) is 21.4. The smallest absolute Gasteiger partial charge is 0.246 e. The summed E-state index contributed by atoms with van der Waals surface area (Å²) in [5.41, 5.74) is 2.39. The molecular weight excluding hydrogens is 565 g/mol. The lowest BCUT2D eigenvalue weighted by Gasteiger charge is -2.39. The number of nitrogens with zero attached hydrogens (tertiary/aromatic N) is 8. The van der Waals surface area contributed by atoms with Crippen LogP contribution in [0.15, 0.2) is 73.5 Å². The van der Waals surface area contributed by atoms with Crippen molar-refractivity contribution in [3.8, 4) is 17.2 Å². The third kappa shape index (κ3) is 5.33. The highest BCUT2D eigenvalue weighted by atomic mass is 19.1. The molecule has 1 saturated heterocycles. The van der Waals surface area contributed by atoms with Crippen LogP contribution in [0.1, 0.15) is 0 Å². The van der Waals surface area contributed by atoms with E-state index in [2.05, 4.69) is 30.3 Å². The van der Waals surface area contributed by atoms with Crippen molar-refractivity contribution in [2.45, 2.75) is 6.04 Å². The lowest BCUT2D eigenvalue weighted by atomic mass is 10.1. The van der Waals surface area contributed by atoms with Crippen molar-refractivity contribution in [3.05, 3.63) is 79.3 Å². The van der Waals surface area contributed by atoms with Gasteiger partial charge in [0.25, 0.3) is 0 Å². The quantitative estimate of drug-likeness (QED) is 0.278. The van der Waals surface area contributed by atoms with Crippen molar-refractivity contribution in [1.82, 2.24) is 34.4 Å². The largest absolute Gasteiger partial charge is 0.488 e. The summed E-state index contributed by atoms with van der Waals surface area (Å²) in [6, 6.07) is 11.8. The predicted octanol–water partition coefficient (Wildman–Crippen LogP) is 3.87. The molecule has 1 atom stereocenters. The summed E-state index contributed by atoms with van der Waals surface area (Å²) >= 11 is 0. The molecule has 1 amide bonds. The van der Waals surface area contributed by atoms with E-state index in [4.69, 9.17) is 9.47 Å². The Balaban J connectivity index is 1.14. The van der Waals surface area contributed by atoms with Gasteiger partial charge in [-0.2, -0.15) is 5.10 Å². The number of amides is 1. The Hall–Kier alpha value is -5.30. The zero-order valence-electron chi connectivity index (χ0n) is 24.2. The molecule has 1 N–H and O–H groups in total. The van der Waals surface area contributed by atoms with E-state index < -0.39 is 5.82 Å². The molecule has 0 radical (unpaired) electrons. The molecule has 3 aromatic heterocycles. The minimum Gasteiger partial charge on any atom is -0.488 e. The molecule has 224 valence electrons. The van der Waals surface area contributed by atoms with Crippen LogP contribution in [0.5, 0.6) is 17.2 Å². The average molecular weight is 596 g/mol. The maximum atomic E-state index is 15.4. The molecule has 2 aromatic carbocycles. The van der Waals surface area contributed by atoms with Crippen LogP contribution in [0.4, 0.5) is 21.6 Å². The summed E-state index contributed by atoms with van der Waals surface area (Å²) in [5.74, 6) is 1.32. The number of likely N-dealkylation sites (N-methyl/N-ethyl adjacent to an activating group) is 1. The van der Waals surface area contributed by atoms with Gasteiger partial charge in [-0.3, -0.25) is 4.79 Å². The Kier molecular flexibility index (Phi) is 7.14. The fourth-order valence-corrected chi connectivity index (χ4v) is 5.53. The number of benzene rings is 2. The van der Waals surface area contributed by atoms with Crippen molar-refractivity contribution < 1.29 is 18.7 Å². The summed E-state index contributed by atoms with van der Waals surface area (Å²) in [6.07, 6.45) is 8.12. The fraction of sp³-hybridized carbons (Fsp3) is 0.258. The molecule has 12 nitrogen and oxygen atoms in total. The van der Waals surface area contributed by atoms with Crippen LogP contribution in [0.25, 0.3) is 16.6 Å². The maximum absolute atomic E-state index is 15.4. The third-order valence-electron chi connectivity index (χ3n) is 7.67. The van der Waals surface area contributed by atoms with Gasteiger partial charge in [0.2, 0.25) is 5.91 Å². The Morgan fingerprint density at radius 3 is 2.86 bits per heavy atom. The zero-order valence-corrected chi connectivity index (χ0v) is 24.2. The number of hydrogen-bond acceptors (Lipinski definition) is 10. The molecule has 0 spiro atoms. The Morgan fingerprint density at radius 2 is 2.00 bits per heavy atom. The molecule has 0 unspecified atom stereocenters. The summed E-state index contributed by atoms with van der Waals surface area (Å²) in [5, 5.41) is 7.85. The van der Waals surface area contributed by atoms with E-state index in [9.17, 15) is 4.79 Å². The molecule has 1 fully saturated rings. The number of fused-ring (bicyclic) bond motifs is 7. The molecular formula is C31H30FN9O3. The van der Waals surface area contributed by atoms with Gasteiger partial charge >= 0.3 is 0 Å². The Bertz CT molecular complexity index is 1890. The van der Waals surface area contributed by atoms with Gasteiger partial charge in [0.15, 0.2) is 11.4 Å². The predicted molar refractivity (Wildman–Crippen MR) is 163 cm³/mol. The van der Waals surface area contributed by atoms with E-state index in [1.54, 1.807) is 41.1 Å². The lowest BCUT2D eigenvalue weighted by molar-refractivity contribution is -0.129. The Morgan fingerprint density at radius 1 is 1.11 bits per heavy atom. The second-order valence-electron chi connectivity index (χ2n) is 10.9. The monoisotopic (exact) mass is 595 g/mol. The number of ether oxygens (including phenoxy) is 2. The van der Waals surface area contributed by atoms with E-state index in [-0.39, 0.29) is 17.6 Å². The van der Waals surface area contributed by atoms with E-state index in [1.807, 2.05) is 42.1 Å². The van der Waals surface area contributed by atoms with Crippen molar-refractivity contribution in [2.24, 2.45) is 0 Å². The van der Waals surface area contributed by atoms with Crippen LogP contribution in [-0.2, 0) is 4.79 Å². The number of halogens is 1. The van der Waals surface area contributed by atoms with Crippen LogP contribution in [0, 0.1) is 5.82 Å². The van der Waals surface area contributed by atoms with Crippen LogP contribution < -0.4 is 19.7 Å². The highest BCUT2D eigenvalue weighted by molar-refractivity contribution is 6.00. The number of nitrogens with one attached hydrogen (secondary N) is 1. The molecule has 2 bridgehead atoms. The number of anilines is 3. The number of carbonyl (C=O) groups is 1. The number of rotatable bonds is 7. The van der Waals surface area contributed by atoms with E-state index in [0.29, 0.717) is 72.4 Å². The van der Waals surface area contributed by atoms with Crippen LogP contribution in [0.2, 0.25) is 0 Å². The van der Waals surface area contributed by atoms with Gasteiger partial charge < -0.3 is 29.5 Å². The fourth-order valence-electron chi connectivity index (χ4n) is 5.53. The van der Waals surface area contributed by atoms with E-state index >= 15 is 4.39 Å². The number of aromatic nitrogens is 5. The maximum Gasteiger partial charge on any atom is 0.246 e. The first-order valence-corrected chi connectivity index (χ1v) is 14.2. The van der Waals surface area contributed by atoms with Gasteiger partial charge in [-0.25, -0.2) is 23.9 Å².